The molecule has 0 aromatic heterocycles. The second-order valence-corrected chi connectivity index (χ2v) is 9.26. The van der Waals surface area contributed by atoms with E-state index in [0.717, 1.165) is 11.1 Å². The lowest BCUT2D eigenvalue weighted by atomic mass is 10.1. The summed E-state index contributed by atoms with van der Waals surface area (Å²) in [6, 6.07) is 19.6. The van der Waals surface area contributed by atoms with Gasteiger partial charge in [-0.25, -0.2) is 12.8 Å². The number of carbonyl (C=O) groups excluding carboxylic acids is 1. The normalized spacial score (nSPS) is 11.4. The van der Waals surface area contributed by atoms with Gasteiger partial charge < -0.3 is 10.1 Å². The van der Waals surface area contributed by atoms with E-state index in [4.69, 9.17) is 4.74 Å². The van der Waals surface area contributed by atoms with E-state index in [-0.39, 0.29) is 35.1 Å². The molecule has 0 unspecified atom stereocenters. The minimum Gasteiger partial charge on any atom is -0.495 e. The molecule has 1 N–H and O–H groups in total. The molecule has 0 fully saturated rings. The van der Waals surface area contributed by atoms with Crippen LogP contribution in [0, 0.1) is 5.82 Å². The predicted molar refractivity (Wildman–Crippen MR) is 121 cm³/mol. The average molecular weight is 457 g/mol. The zero-order valence-corrected chi connectivity index (χ0v) is 18.7. The summed E-state index contributed by atoms with van der Waals surface area (Å²) in [6.07, 6.45) is 0.449. The van der Waals surface area contributed by atoms with Gasteiger partial charge in [0.25, 0.3) is 5.91 Å². The quantitative estimate of drug-likeness (QED) is 0.534. The summed E-state index contributed by atoms with van der Waals surface area (Å²) in [4.78, 5) is 12.5. The Bertz CT molecular complexity index is 1180. The van der Waals surface area contributed by atoms with Crippen molar-refractivity contribution in [1.82, 2.24) is 9.62 Å². The lowest BCUT2D eigenvalue weighted by Gasteiger charge is -2.19. The third-order valence-corrected chi connectivity index (χ3v) is 6.77. The standard InChI is InChI=1S/C24H25FN2O4S/c1-27(17-19-7-4-3-5-8-19)32(29,30)23-16-20(11-12-22(23)31-2)24(28)26-14-13-18-9-6-10-21(25)15-18/h3-12,15-16H,13-14,17H2,1-2H3,(H,26,28). The number of halogens is 1. The Labute approximate surface area is 187 Å². The van der Waals surface area contributed by atoms with Crippen LogP contribution in [0.3, 0.4) is 0 Å². The molecule has 0 aliphatic heterocycles. The van der Waals surface area contributed by atoms with Crippen molar-refractivity contribution in [1.29, 1.82) is 0 Å². The Balaban J connectivity index is 1.75. The van der Waals surface area contributed by atoms with Gasteiger partial charge in [-0.15, -0.1) is 0 Å². The molecule has 0 heterocycles. The van der Waals surface area contributed by atoms with Crippen molar-refractivity contribution in [2.45, 2.75) is 17.9 Å². The third kappa shape index (κ3) is 5.72. The molecule has 0 radical (unpaired) electrons. The maximum absolute atomic E-state index is 13.3. The number of nitrogens with one attached hydrogen (secondary N) is 1. The number of hydrogen-bond donors (Lipinski definition) is 1. The van der Waals surface area contributed by atoms with E-state index < -0.39 is 15.9 Å². The van der Waals surface area contributed by atoms with Gasteiger partial charge in [-0.3, -0.25) is 4.79 Å². The van der Waals surface area contributed by atoms with Gasteiger partial charge in [0.2, 0.25) is 10.0 Å². The first-order valence-electron chi connectivity index (χ1n) is 10.0. The maximum Gasteiger partial charge on any atom is 0.251 e. The Morgan fingerprint density at radius 3 is 2.41 bits per heavy atom. The van der Waals surface area contributed by atoms with E-state index in [0.29, 0.717) is 6.42 Å². The first-order chi connectivity index (χ1) is 15.3. The van der Waals surface area contributed by atoms with Crippen molar-refractivity contribution in [2.75, 3.05) is 20.7 Å². The first kappa shape index (κ1) is 23.4. The number of methoxy groups -OCH3 is 1. The van der Waals surface area contributed by atoms with Crippen LogP contribution in [0.5, 0.6) is 5.75 Å². The average Bonchev–Trinajstić information content (AvgIpc) is 2.79. The molecule has 0 atom stereocenters. The van der Waals surface area contributed by atoms with Crippen molar-refractivity contribution in [2.24, 2.45) is 0 Å². The van der Waals surface area contributed by atoms with Crippen molar-refractivity contribution in [3.63, 3.8) is 0 Å². The molecular weight excluding hydrogens is 431 g/mol. The Kier molecular flexibility index (Phi) is 7.61. The highest BCUT2D eigenvalue weighted by Crippen LogP contribution is 2.28. The van der Waals surface area contributed by atoms with Gasteiger partial charge in [0.1, 0.15) is 16.5 Å². The van der Waals surface area contributed by atoms with Gasteiger partial charge in [0, 0.05) is 25.7 Å². The second kappa shape index (κ2) is 10.4. The fourth-order valence-electron chi connectivity index (χ4n) is 3.23. The smallest absolute Gasteiger partial charge is 0.251 e. The van der Waals surface area contributed by atoms with Crippen LogP contribution in [0.2, 0.25) is 0 Å². The highest BCUT2D eigenvalue weighted by atomic mass is 32.2. The molecule has 168 valence electrons. The summed E-state index contributed by atoms with van der Waals surface area (Å²) < 4.78 is 46.1. The Morgan fingerprint density at radius 2 is 1.72 bits per heavy atom. The van der Waals surface area contributed by atoms with E-state index in [2.05, 4.69) is 5.32 Å². The van der Waals surface area contributed by atoms with E-state index in [1.54, 1.807) is 12.1 Å². The molecule has 3 rings (SSSR count). The maximum atomic E-state index is 13.3. The molecule has 3 aromatic carbocycles. The SMILES string of the molecule is COc1ccc(C(=O)NCCc2cccc(F)c2)cc1S(=O)(=O)N(C)Cc1ccccc1. The van der Waals surface area contributed by atoms with Crippen LogP contribution in [0.15, 0.2) is 77.7 Å². The number of hydrogen-bond acceptors (Lipinski definition) is 4. The number of benzene rings is 3. The second-order valence-electron chi connectivity index (χ2n) is 7.25. The van der Waals surface area contributed by atoms with Gasteiger partial charge in [-0.05, 0) is 47.9 Å². The van der Waals surface area contributed by atoms with Gasteiger partial charge in [0.15, 0.2) is 0 Å². The molecule has 0 bridgehead atoms. The molecule has 8 heteroatoms. The summed E-state index contributed by atoms with van der Waals surface area (Å²) in [5.41, 5.74) is 1.78. The van der Waals surface area contributed by atoms with E-state index >= 15 is 0 Å². The molecule has 32 heavy (non-hydrogen) atoms. The molecule has 0 aliphatic carbocycles. The number of nitrogens with zero attached hydrogens (tertiary/aromatic N) is 1. The van der Waals surface area contributed by atoms with Crippen LogP contribution < -0.4 is 10.1 Å². The molecule has 6 nitrogen and oxygen atoms in total. The van der Waals surface area contributed by atoms with Gasteiger partial charge in [0.05, 0.1) is 7.11 Å². The number of carbonyl (C=O) groups is 1. The first-order valence-corrected chi connectivity index (χ1v) is 11.5. The molecule has 0 saturated heterocycles. The highest BCUT2D eigenvalue weighted by molar-refractivity contribution is 7.89. The molecular formula is C24H25FN2O4S. The summed E-state index contributed by atoms with van der Waals surface area (Å²) >= 11 is 0. The Hall–Kier alpha value is -3.23. The van der Waals surface area contributed by atoms with Gasteiger partial charge in [-0.1, -0.05) is 42.5 Å². The van der Waals surface area contributed by atoms with Crippen LogP contribution >= 0.6 is 0 Å². The minimum absolute atomic E-state index is 0.0868. The third-order valence-electron chi connectivity index (χ3n) is 4.95. The summed E-state index contributed by atoms with van der Waals surface area (Å²) in [5.74, 6) is -0.606. The lowest BCUT2D eigenvalue weighted by molar-refractivity contribution is 0.0954. The molecule has 1 amide bonds. The molecule has 0 saturated carbocycles. The van der Waals surface area contributed by atoms with Crippen molar-refractivity contribution in [3.05, 3.63) is 95.3 Å². The van der Waals surface area contributed by atoms with E-state index in [9.17, 15) is 17.6 Å². The van der Waals surface area contributed by atoms with Crippen molar-refractivity contribution < 1.29 is 22.3 Å². The van der Waals surface area contributed by atoms with Crippen LogP contribution in [0.25, 0.3) is 0 Å². The van der Waals surface area contributed by atoms with Crippen LogP contribution in [-0.4, -0.2) is 39.3 Å². The number of sulfonamides is 1. The zero-order chi connectivity index (χ0) is 23.1. The minimum atomic E-state index is -3.92. The fraction of sp³-hybridized carbons (Fsp3) is 0.208. The Morgan fingerprint density at radius 1 is 1.00 bits per heavy atom. The fourth-order valence-corrected chi connectivity index (χ4v) is 4.56. The summed E-state index contributed by atoms with van der Waals surface area (Å²) in [6.45, 7) is 0.459. The molecule has 3 aromatic rings. The topological polar surface area (TPSA) is 75.7 Å². The van der Waals surface area contributed by atoms with Gasteiger partial charge in [-0.2, -0.15) is 4.31 Å². The van der Waals surface area contributed by atoms with Crippen LogP contribution in [0.1, 0.15) is 21.5 Å². The summed E-state index contributed by atoms with van der Waals surface area (Å²) in [5, 5.41) is 2.74. The number of amides is 1. The number of rotatable bonds is 9. The highest BCUT2D eigenvalue weighted by Gasteiger charge is 2.26. The van der Waals surface area contributed by atoms with Gasteiger partial charge >= 0.3 is 0 Å². The lowest BCUT2D eigenvalue weighted by Crippen LogP contribution is -2.28. The van der Waals surface area contributed by atoms with Crippen molar-refractivity contribution >= 4 is 15.9 Å². The van der Waals surface area contributed by atoms with Crippen LogP contribution in [0.4, 0.5) is 4.39 Å². The van der Waals surface area contributed by atoms with Crippen LogP contribution in [-0.2, 0) is 23.0 Å². The monoisotopic (exact) mass is 456 g/mol. The predicted octanol–water partition coefficient (Wildman–Crippen LogP) is 3.63. The van der Waals surface area contributed by atoms with E-state index in [1.165, 1.54) is 48.8 Å². The molecule has 0 spiro atoms. The van der Waals surface area contributed by atoms with E-state index in [1.807, 2.05) is 30.3 Å². The largest absolute Gasteiger partial charge is 0.495 e. The zero-order valence-electron chi connectivity index (χ0n) is 17.9. The van der Waals surface area contributed by atoms with Crippen molar-refractivity contribution in [3.8, 4) is 5.75 Å². The molecule has 0 aliphatic rings. The number of ether oxygens (including phenoxy) is 1. The summed E-state index contributed by atoms with van der Waals surface area (Å²) in [7, 11) is -1.06.